The van der Waals surface area contributed by atoms with E-state index in [0.29, 0.717) is 24.9 Å². The molecule has 2 N–H and O–H groups in total. The molecule has 4 rings (SSSR count). The zero-order valence-corrected chi connectivity index (χ0v) is 17.5. The molecule has 1 aliphatic carbocycles. The molecule has 0 atom stereocenters. The number of carbonyl (C=O) groups excluding carboxylic acids is 3. The molecule has 2 heterocycles. The van der Waals surface area contributed by atoms with E-state index < -0.39 is 0 Å². The number of fused-ring (bicyclic) bond motifs is 1. The van der Waals surface area contributed by atoms with Crippen molar-refractivity contribution in [2.45, 2.75) is 38.5 Å². The Morgan fingerprint density at radius 2 is 1.97 bits per heavy atom. The summed E-state index contributed by atoms with van der Waals surface area (Å²) in [4.78, 5) is 38.8. The van der Waals surface area contributed by atoms with E-state index in [-0.39, 0.29) is 24.3 Å². The third kappa shape index (κ3) is 4.29. The zero-order chi connectivity index (χ0) is 20.4. The van der Waals surface area contributed by atoms with Gasteiger partial charge in [0.2, 0.25) is 11.8 Å². The van der Waals surface area contributed by atoms with Crippen LogP contribution in [0.25, 0.3) is 10.1 Å². The summed E-state index contributed by atoms with van der Waals surface area (Å²) < 4.78 is 1.13. The fourth-order valence-electron chi connectivity index (χ4n) is 4.53. The third-order valence-corrected chi connectivity index (χ3v) is 7.22. The fraction of sp³-hybridized carbons (Fsp3) is 0.500. The van der Waals surface area contributed by atoms with Gasteiger partial charge in [-0.15, -0.1) is 11.3 Å². The second kappa shape index (κ2) is 8.53. The molecular weight excluding hydrogens is 386 g/mol. The average molecular weight is 414 g/mol. The Hall–Kier alpha value is -2.41. The van der Waals surface area contributed by atoms with Gasteiger partial charge in [0.1, 0.15) is 0 Å². The molecular formula is C22H27N3O3S. The third-order valence-electron chi connectivity index (χ3n) is 6.05. The van der Waals surface area contributed by atoms with Gasteiger partial charge in [0.25, 0.3) is 5.91 Å². The number of rotatable bonds is 4. The van der Waals surface area contributed by atoms with Crippen LogP contribution in [-0.2, 0) is 9.59 Å². The van der Waals surface area contributed by atoms with Crippen LogP contribution in [0.5, 0.6) is 0 Å². The van der Waals surface area contributed by atoms with E-state index >= 15 is 0 Å². The molecule has 2 fully saturated rings. The Labute approximate surface area is 174 Å². The highest BCUT2D eigenvalue weighted by Gasteiger charge is 2.32. The van der Waals surface area contributed by atoms with E-state index in [4.69, 9.17) is 0 Å². The molecule has 7 heteroatoms. The molecule has 6 nitrogen and oxygen atoms in total. The lowest BCUT2D eigenvalue weighted by atomic mass is 9.77. The van der Waals surface area contributed by atoms with Crippen LogP contribution in [0.3, 0.4) is 0 Å². The Morgan fingerprint density at radius 1 is 1.21 bits per heavy atom. The topological polar surface area (TPSA) is 78.5 Å². The summed E-state index contributed by atoms with van der Waals surface area (Å²) in [5.41, 5.74) is 1.17. The van der Waals surface area contributed by atoms with E-state index in [1.54, 1.807) is 23.2 Å². The summed E-state index contributed by atoms with van der Waals surface area (Å²) in [6, 6.07) is 8.23. The smallest absolute Gasteiger partial charge is 0.264 e. The van der Waals surface area contributed by atoms with Gasteiger partial charge >= 0.3 is 0 Å². The lowest BCUT2D eigenvalue weighted by molar-refractivity contribution is -0.123. The lowest BCUT2D eigenvalue weighted by Gasteiger charge is -2.30. The van der Waals surface area contributed by atoms with Gasteiger partial charge in [0, 0.05) is 31.3 Å². The van der Waals surface area contributed by atoms with Gasteiger partial charge in [-0.05, 0) is 54.5 Å². The van der Waals surface area contributed by atoms with Crippen molar-refractivity contribution < 1.29 is 14.4 Å². The summed E-state index contributed by atoms with van der Waals surface area (Å²) in [5, 5.41) is 6.90. The maximum absolute atomic E-state index is 13.3. The molecule has 2 aromatic rings. The van der Waals surface area contributed by atoms with E-state index in [2.05, 4.69) is 22.8 Å². The van der Waals surface area contributed by atoms with Crippen LogP contribution in [-0.4, -0.2) is 48.8 Å². The molecule has 0 unspecified atom stereocenters. The second-order valence-electron chi connectivity index (χ2n) is 8.07. The number of carbonyl (C=O) groups is 3. The molecule has 154 valence electrons. The van der Waals surface area contributed by atoms with Crippen molar-refractivity contribution >= 4 is 39.1 Å². The van der Waals surface area contributed by atoms with E-state index in [0.717, 1.165) is 41.8 Å². The number of thiophene rings is 1. The molecule has 1 aromatic carbocycles. The highest BCUT2D eigenvalue weighted by Crippen LogP contribution is 2.44. The van der Waals surface area contributed by atoms with Crippen molar-refractivity contribution in [3.05, 3.63) is 34.7 Å². The monoisotopic (exact) mass is 413 g/mol. The fourth-order valence-corrected chi connectivity index (χ4v) is 5.79. The van der Waals surface area contributed by atoms with Crippen molar-refractivity contribution in [3.8, 4) is 0 Å². The molecule has 29 heavy (non-hydrogen) atoms. The highest BCUT2D eigenvalue weighted by molar-refractivity contribution is 7.21. The van der Waals surface area contributed by atoms with Crippen LogP contribution in [0.4, 0.5) is 0 Å². The van der Waals surface area contributed by atoms with Gasteiger partial charge in [-0.2, -0.15) is 0 Å². The van der Waals surface area contributed by atoms with Crippen LogP contribution >= 0.6 is 11.3 Å². The highest BCUT2D eigenvalue weighted by atomic mass is 32.1. The molecule has 1 saturated carbocycles. The van der Waals surface area contributed by atoms with Crippen molar-refractivity contribution in [3.63, 3.8) is 0 Å². The normalized spacial score (nSPS) is 22.4. The first-order valence-electron chi connectivity index (χ1n) is 10.3. The number of hydrogen-bond acceptors (Lipinski definition) is 4. The number of nitrogens with one attached hydrogen (secondary N) is 2. The summed E-state index contributed by atoms with van der Waals surface area (Å²) in [7, 11) is 0. The standard InChI is InChI=1S/C22H27N3O3S/c1-14(26)24-12-15-6-8-16(9-7-15)20-17-4-2-3-5-18(17)29-21(20)22(28)25-11-10-23-19(27)13-25/h2-5,15-16H,6-13H2,1H3,(H,23,27)(H,24,26). The van der Waals surface area contributed by atoms with Gasteiger partial charge in [0.15, 0.2) is 0 Å². The number of nitrogens with zero attached hydrogens (tertiary/aromatic N) is 1. The minimum Gasteiger partial charge on any atom is -0.356 e. The van der Waals surface area contributed by atoms with Crippen LogP contribution < -0.4 is 10.6 Å². The first-order valence-corrected chi connectivity index (χ1v) is 11.2. The largest absolute Gasteiger partial charge is 0.356 e. The summed E-state index contributed by atoms with van der Waals surface area (Å²) in [5.74, 6) is 0.763. The first-order chi connectivity index (χ1) is 14.0. The average Bonchev–Trinajstić information content (AvgIpc) is 3.11. The van der Waals surface area contributed by atoms with Crippen LogP contribution in [0.2, 0.25) is 0 Å². The van der Waals surface area contributed by atoms with Gasteiger partial charge in [0.05, 0.1) is 11.4 Å². The first kappa shape index (κ1) is 19.9. The maximum Gasteiger partial charge on any atom is 0.264 e. The zero-order valence-electron chi connectivity index (χ0n) is 16.7. The number of benzene rings is 1. The number of hydrogen-bond donors (Lipinski definition) is 2. The lowest BCUT2D eigenvalue weighted by Crippen LogP contribution is -2.50. The molecule has 0 radical (unpaired) electrons. The van der Waals surface area contributed by atoms with Crippen LogP contribution in [0.15, 0.2) is 24.3 Å². The minimum atomic E-state index is -0.0919. The van der Waals surface area contributed by atoms with Crippen LogP contribution in [0, 0.1) is 5.92 Å². The SMILES string of the molecule is CC(=O)NCC1CCC(c2c(C(=O)N3CCNC(=O)C3)sc3ccccc23)CC1. The molecule has 0 spiro atoms. The van der Waals surface area contributed by atoms with Gasteiger partial charge in [-0.1, -0.05) is 18.2 Å². The molecule has 3 amide bonds. The Kier molecular flexibility index (Phi) is 5.85. The molecule has 1 aliphatic heterocycles. The van der Waals surface area contributed by atoms with Gasteiger partial charge < -0.3 is 15.5 Å². The summed E-state index contributed by atoms with van der Waals surface area (Å²) in [6.45, 7) is 3.50. The van der Waals surface area contributed by atoms with Crippen LogP contribution in [0.1, 0.15) is 53.8 Å². The van der Waals surface area contributed by atoms with Crippen molar-refractivity contribution in [1.82, 2.24) is 15.5 Å². The predicted molar refractivity (Wildman–Crippen MR) is 114 cm³/mol. The summed E-state index contributed by atoms with van der Waals surface area (Å²) >= 11 is 1.56. The Balaban J connectivity index is 1.58. The Bertz CT molecular complexity index is 931. The number of amides is 3. The quantitative estimate of drug-likeness (QED) is 0.809. The molecule has 0 bridgehead atoms. The Morgan fingerprint density at radius 3 is 2.69 bits per heavy atom. The molecule has 2 aliphatic rings. The van der Waals surface area contributed by atoms with Crippen molar-refractivity contribution in [2.24, 2.45) is 5.92 Å². The summed E-state index contributed by atoms with van der Waals surface area (Å²) in [6.07, 6.45) is 4.14. The maximum atomic E-state index is 13.3. The van der Waals surface area contributed by atoms with Gasteiger partial charge in [-0.25, -0.2) is 0 Å². The molecule has 1 aromatic heterocycles. The van der Waals surface area contributed by atoms with E-state index in [1.807, 2.05) is 12.1 Å². The second-order valence-corrected chi connectivity index (χ2v) is 9.12. The minimum absolute atomic E-state index is 0.0172. The molecule has 1 saturated heterocycles. The number of piperazine rings is 1. The van der Waals surface area contributed by atoms with Gasteiger partial charge in [-0.3, -0.25) is 14.4 Å². The van der Waals surface area contributed by atoms with E-state index in [9.17, 15) is 14.4 Å². The van der Waals surface area contributed by atoms with Crippen molar-refractivity contribution in [1.29, 1.82) is 0 Å². The van der Waals surface area contributed by atoms with E-state index in [1.165, 1.54) is 10.9 Å². The van der Waals surface area contributed by atoms with Crippen molar-refractivity contribution in [2.75, 3.05) is 26.2 Å². The predicted octanol–water partition coefficient (Wildman–Crippen LogP) is 2.88.